The lowest BCUT2D eigenvalue weighted by Crippen LogP contribution is -2.33. The van der Waals surface area contributed by atoms with E-state index < -0.39 is 11.3 Å². The van der Waals surface area contributed by atoms with Crippen molar-refractivity contribution in [1.29, 1.82) is 0 Å². The van der Waals surface area contributed by atoms with Crippen LogP contribution in [-0.4, -0.2) is 27.7 Å². The molecule has 2 heterocycles. The van der Waals surface area contributed by atoms with Crippen molar-refractivity contribution in [2.75, 3.05) is 11.9 Å². The van der Waals surface area contributed by atoms with Crippen molar-refractivity contribution in [1.82, 2.24) is 14.7 Å². The van der Waals surface area contributed by atoms with Crippen LogP contribution in [0.15, 0.2) is 70.0 Å². The zero-order chi connectivity index (χ0) is 20.2. The lowest BCUT2D eigenvalue weighted by molar-refractivity contribution is 0.0982. The molecule has 2 unspecified atom stereocenters. The van der Waals surface area contributed by atoms with Gasteiger partial charge in [-0.25, -0.2) is 4.79 Å². The molecule has 146 valence electrons. The molecular weight excluding hydrogens is 368 g/mol. The van der Waals surface area contributed by atoms with Gasteiger partial charge in [-0.05, 0) is 36.6 Å². The van der Waals surface area contributed by atoms with E-state index in [4.69, 9.17) is 4.52 Å². The number of aromatic nitrogens is 3. The molecule has 2 aromatic carbocycles. The summed E-state index contributed by atoms with van der Waals surface area (Å²) >= 11 is 0. The Morgan fingerprint density at radius 1 is 1.21 bits per heavy atom. The minimum absolute atomic E-state index is 0.128. The van der Waals surface area contributed by atoms with Crippen molar-refractivity contribution in [3.8, 4) is 0 Å². The van der Waals surface area contributed by atoms with Crippen LogP contribution < -0.4 is 10.7 Å². The zero-order valence-electron chi connectivity index (χ0n) is 16.1. The molecule has 0 spiro atoms. The molecule has 0 saturated heterocycles. The highest BCUT2D eigenvalue weighted by Crippen LogP contribution is 2.55. The van der Waals surface area contributed by atoms with E-state index in [1.165, 1.54) is 0 Å². The van der Waals surface area contributed by atoms with Gasteiger partial charge in [-0.2, -0.15) is 0 Å². The molecule has 1 aliphatic rings. The second-order valence-corrected chi connectivity index (χ2v) is 7.60. The molecule has 4 aromatic rings. The fraction of sp³-hybridized carbons (Fsp3) is 0.227. The Hall–Kier alpha value is -3.61. The fourth-order valence-electron chi connectivity index (χ4n) is 4.25. The van der Waals surface area contributed by atoms with E-state index in [9.17, 15) is 9.59 Å². The van der Waals surface area contributed by atoms with Gasteiger partial charge in [0.1, 0.15) is 11.2 Å². The number of hydrogen-bond acceptors (Lipinski definition) is 4. The van der Waals surface area contributed by atoms with Gasteiger partial charge >= 0.3 is 5.76 Å². The summed E-state index contributed by atoms with van der Waals surface area (Å²) in [5, 5.41) is 4.94. The summed E-state index contributed by atoms with van der Waals surface area (Å²) in [6.07, 6.45) is 0.753. The van der Waals surface area contributed by atoms with Crippen LogP contribution in [0.4, 0.5) is 5.69 Å². The van der Waals surface area contributed by atoms with Gasteiger partial charge in [-0.1, -0.05) is 48.5 Å². The maximum atomic E-state index is 13.5. The molecule has 1 amide bonds. The number of hydrogen-bond donors (Lipinski definition) is 1. The van der Waals surface area contributed by atoms with Gasteiger partial charge < -0.3 is 9.47 Å². The lowest BCUT2D eigenvalue weighted by atomic mass is 10.1. The standard InChI is InChI=1S/C22H20N4O3/c1-14-13-22(14,20-23-21(28)29-24-20)26-17-11-7-6-8-15(17)12-18(26)19(27)25(2)16-9-4-3-5-10-16/h3-12,14H,13H2,1-2H3,(H,23,24,28). The summed E-state index contributed by atoms with van der Waals surface area (Å²) in [6.45, 7) is 2.08. The molecule has 1 N–H and O–H groups in total. The first-order valence-electron chi connectivity index (χ1n) is 9.53. The first-order valence-corrected chi connectivity index (χ1v) is 9.53. The summed E-state index contributed by atoms with van der Waals surface area (Å²) in [5.74, 6) is -0.0821. The van der Waals surface area contributed by atoms with Gasteiger partial charge in [0.05, 0.1) is 0 Å². The highest BCUT2D eigenvalue weighted by molar-refractivity contribution is 6.08. The normalized spacial score (nSPS) is 20.7. The SMILES string of the molecule is CC1CC1(c1noc(=O)[nH]1)n1c(C(=O)N(C)c2ccccc2)cc2ccccc21. The third-order valence-corrected chi connectivity index (χ3v) is 5.90. The molecule has 5 rings (SSSR count). The maximum absolute atomic E-state index is 13.5. The van der Waals surface area contributed by atoms with E-state index in [2.05, 4.69) is 17.1 Å². The Morgan fingerprint density at radius 3 is 2.55 bits per heavy atom. The highest BCUT2D eigenvalue weighted by Gasteiger charge is 2.59. The van der Waals surface area contributed by atoms with E-state index in [-0.39, 0.29) is 11.8 Å². The van der Waals surface area contributed by atoms with Gasteiger partial charge in [0, 0.05) is 23.6 Å². The Kier molecular flexibility index (Phi) is 3.74. The number of benzene rings is 2. The average Bonchev–Trinajstić information content (AvgIpc) is 3.08. The third kappa shape index (κ3) is 2.54. The molecule has 1 aliphatic carbocycles. The van der Waals surface area contributed by atoms with Crippen molar-refractivity contribution in [2.45, 2.75) is 18.9 Å². The number of aromatic amines is 1. The highest BCUT2D eigenvalue weighted by atomic mass is 16.5. The quantitative estimate of drug-likeness (QED) is 0.581. The number of rotatable bonds is 4. The van der Waals surface area contributed by atoms with Crippen LogP contribution in [-0.2, 0) is 5.54 Å². The number of carbonyl (C=O) groups excluding carboxylic acids is 1. The number of H-pyrrole nitrogens is 1. The van der Waals surface area contributed by atoms with Crippen LogP contribution >= 0.6 is 0 Å². The summed E-state index contributed by atoms with van der Waals surface area (Å²) in [6, 6.07) is 19.3. The number of carbonyl (C=O) groups is 1. The van der Waals surface area contributed by atoms with Crippen molar-refractivity contribution in [3.05, 3.63) is 82.7 Å². The van der Waals surface area contributed by atoms with Crippen LogP contribution in [0.3, 0.4) is 0 Å². The fourth-order valence-corrected chi connectivity index (χ4v) is 4.25. The van der Waals surface area contributed by atoms with Crippen LogP contribution in [0.1, 0.15) is 29.7 Å². The van der Waals surface area contributed by atoms with Gasteiger partial charge in [0.25, 0.3) is 5.91 Å². The number of nitrogens with one attached hydrogen (secondary N) is 1. The monoisotopic (exact) mass is 388 g/mol. The maximum Gasteiger partial charge on any atom is 0.438 e. The van der Waals surface area contributed by atoms with Crippen molar-refractivity contribution >= 4 is 22.5 Å². The number of nitrogens with zero attached hydrogens (tertiary/aromatic N) is 3. The first kappa shape index (κ1) is 17.5. The molecule has 0 radical (unpaired) electrons. The number of fused-ring (bicyclic) bond motifs is 1. The predicted molar refractivity (Wildman–Crippen MR) is 109 cm³/mol. The minimum Gasteiger partial charge on any atom is -0.323 e. The first-order chi connectivity index (χ1) is 14.0. The Morgan fingerprint density at radius 2 is 1.90 bits per heavy atom. The largest absolute Gasteiger partial charge is 0.438 e. The van der Waals surface area contributed by atoms with E-state index in [0.29, 0.717) is 11.5 Å². The zero-order valence-corrected chi connectivity index (χ0v) is 16.1. The van der Waals surface area contributed by atoms with E-state index in [1.54, 1.807) is 11.9 Å². The van der Waals surface area contributed by atoms with Crippen LogP contribution in [0.2, 0.25) is 0 Å². The van der Waals surface area contributed by atoms with Gasteiger partial charge in [-0.3, -0.25) is 14.3 Å². The third-order valence-electron chi connectivity index (χ3n) is 5.90. The topological polar surface area (TPSA) is 84.1 Å². The van der Waals surface area contributed by atoms with Crippen LogP contribution in [0.5, 0.6) is 0 Å². The summed E-state index contributed by atoms with van der Waals surface area (Å²) in [4.78, 5) is 29.5. The molecule has 0 aliphatic heterocycles. The smallest absolute Gasteiger partial charge is 0.323 e. The number of anilines is 1. The Labute approximate surface area is 166 Å². The molecule has 1 saturated carbocycles. The minimum atomic E-state index is -0.613. The molecule has 7 heteroatoms. The second-order valence-electron chi connectivity index (χ2n) is 7.60. The van der Waals surface area contributed by atoms with Crippen molar-refractivity contribution in [2.24, 2.45) is 5.92 Å². The van der Waals surface area contributed by atoms with E-state index in [1.807, 2.05) is 65.2 Å². The van der Waals surface area contributed by atoms with E-state index in [0.717, 1.165) is 23.0 Å². The molecule has 7 nitrogen and oxygen atoms in total. The van der Waals surface area contributed by atoms with Gasteiger partial charge in [0.2, 0.25) is 0 Å². The lowest BCUT2D eigenvalue weighted by Gasteiger charge is -2.23. The molecule has 29 heavy (non-hydrogen) atoms. The molecular formula is C22H20N4O3. The number of amides is 1. The molecule has 2 aromatic heterocycles. The van der Waals surface area contributed by atoms with Crippen LogP contribution in [0.25, 0.3) is 10.9 Å². The second kappa shape index (κ2) is 6.20. The Balaban J connectivity index is 1.72. The van der Waals surface area contributed by atoms with Crippen LogP contribution in [0, 0.1) is 5.92 Å². The molecule has 2 atom stereocenters. The summed E-state index contributed by atoms with van der Waals surface area (Å²) < 4.78 is 6.81. The van der Waals surface area contributed by atoms with Gasteiger partial charge in [-0.15, -0.1) is 0 Å². The number of para-hydroxylation sites is 2. The van der Waals surface area contributed by atoms with Crippen molar-refractivity contribution < 1.29 is 9.32 Å². The predicted octanol–water partition coefficient (Wildman–Crippen LogP) is 3.38. The molecule has 0 bridgehead atoms. The Bertz CT molecular complexity index is 1270. The van der Waals surface area contributed by atoms with E-state index >= 15 is 0 Å². The average molecular weight is 388 g/mol. The van der Waals surface area contributed by atoms with Gasteiger partial charge in [0.15, 0.2) is 5.82 Å². The summed E-state index contributed by atoms with van der Waals surface area (Å²) in [7, 11) is 1.76. The molecule has 1 fully saturated rings. The van der Waals surface area contributed by atoms with Crippen molar-refractivity contribution in [3.63, 3.8) is 0 Å². The summed E-state index contributed by atoms with van der Waals surface area (Å²) in [5.41, 5.74) is 1.66.